The lowest BCUT2D eigenvalue weighted by Crippen LogP contribution is -2.18. The number of hydrogen-bond donors (Lipinski definition) is 1. The average molecular weight is 677 g/mol. The van der Waals surface area contributed by atoms with E-state index in [-0.39, 0.29) is 18.5 Å². The Bertz CT molecular complexity index is 687. The van der Waals surface area contributed by atoms with E-state index in [0.29, 0.717) is 12.8 Å². The van der Waals surface area contributed by atoms with Crippen molar-refractivity contribution in [2.45, 2.75) is 258 Å². The van der Waals surface area contributed by atoms with Gasteiger partial charge in [0.25, 0.3) is 0 Å². The Balaban J connectivity index is 3.89. The van der Waals surface area contributed by atoms with E-state index in [4.69, 9.17) is 9.84 Å². The molecule has 0 aliphatic heterocycles. The average Bonchev–Trinajstić information content (AvgIpc) is 3.07. The number of ether oxygens (including phenoxy) is 1. The Labute approximate surface area is 300 Å². The fourth-order valence-electron chi connectivity index (χ4n) is 6.77. The first-order valence-electron chi connectivity index (χ1n) is 21.7. The molecule has 4 nitrogen and oxygen atoms in total. The predicted octanol–water partition coefficient (Wildman–Crippen LogP) is 15.0. The van der Waals surface area contributed by atoms with Crippen LogP contribution in [0.15, 0.2) is 12.2 Å². The van der Waals surface area contributed by atoms with E-state index >= 15 is 0 Å². The molecule has 48 heavy (non-hydrogen) atoms. The molecule has 0 saturated carbocycles. The fourth-order valence-corrected chi connectivity index (χ4v) is 6.77. The molecule has 0 fully saturated rings. The van der Waals surface area contributed by atoms with Gasteiger partial charge in [-0.3, -0.25) is 9.59 Å². The summed E-state index contributed by atoms with van der Waals surface area (Å²) < 4.78 is 5.96. The highest BCUT2D eigenvalue weighted by Crippen LogP contribution is 2.19. The van der Waals surface area contributed by atoms with Crippen LogP contribution >= 0.6 is 0 Å². The Morgan fingerprint density at radius 1 is 0.438 bits per heavy atom. The Kier molecular flexibility index (Phi) is 39.0. The highest BCUT2D eigenvalue weighted by Gasteiger charge is 2.14. The van der Waals surface area contributed by atoms with Gasteiger partial charge >= 0.3 is 11.9 Å². The summed E-state index contributed by atoms with van der Waals surface area (Å²) in [5.41, 5.74) is 0. The molecule has 1 atom stereocenters. The fraction of sp³-hybridized carbons (Fsp3) is 0.909. The standard InChI is InChI=1S/C44H84O4/c1-3-5-7-9-11-13-15-17-19-20-22-24-26-28-30-32-37-41-44(47)48-42(39-35-33-36-40-43(45)46)38-34-31-29-27-25-23-21-18-16-14-12-10-8-6-4-2/h17,19,42H,3-16,18,20-41H2,1-2H3,(H,45,46)/b19-17-. The molecular formula is C44H84O4. The third-order valence-electron chi connectivity index (χ3n) is 9.99. The molecule has 0 rings (SSSR count). The predicted molar refractivity (Wildman–Crippen MR) is 209 cm³/mol. The molecule has 1 unspecified atom stereocenters. The first-order valence-corrected chi connectivity index (χ1v) is 21.7. The van der Waals surface area contributed by atoms with Gasteiger partial charge < -0.3 is 9.84 Å². The number of hydrogen-bond acceptors (Lipinski definition) is 3. The van der Waals surface area contributed by atoms with Gasteiger partial charge in [0.1, 0.15) is 6.10 Å². The summed E-state index contributed by atoms with van der Waals surface area (Å²) in [5.74, 6) is -0.749. The molecule has 0 heterocycles. The van der Waals surface area contributed by atoms with Crippen LogP contribution in [0.2, 0.25) is 0 Å². The maximum absolute atomic E-state index is 12.6. The summed E-state index contributed by atoms with van der Waals surface area (Å²) in [5, 5.41) is 8.91. The van der Waals surface area contributed by atoms with Crippen molar-refractivity contribution in [1.82, 2.24) is 0 Å². The summed E-state index contributed by atoms with van der Waals surface area (Å²) in [6.07, 6.45) is 49.5. The lowest BCUT2D eigenvalue weighted by Gasteiger charge is -2.18. The normalized spacial score (nSPS) is 12.2. The van der Waals surface area contributed by atoms with Crippen LogP contribution in [0.1, 0.15) is 251 Å². The highest BCUT2D eigenvalue weighted by molar-refractivity contribution is 5.69. The first-order chi connectivity index (χ1) is 23.6. The van der Waals surface area contributed by atoms with Crippen molar-refractivity contribution in [1.29, 1.82) is 0 Å². The van der Waals surface area contributed by atoms with Gasteiger partial charge in [-0.2, -0.15) is 0 Å². The maximum Gasteiger partial charge on any atom is 0.306 e. The molecule has 0 radical (unpaired) electrons. The minimum absolute atomic E-state index is 0.00384. The zero-order valence-corrected chi connectivity index (χ0v) is 32.6. The van der Waals surface area contributed by atoms with Gasteiger partial charge in [-0.1, -0.05) is 187 Å². The van der Waals surface area contributed by atoms with Crippen molar-refractivity contribution in [3.8, 4) is 0 Å². The minimum Gasteiger partial charge on any atom is -0.481 e. The summed E-state index contributed by atoms with van der Waals surface area (Å²) in [7, 11) is 0. The molecular weight excluding hydrogens is 592 g/mol. The van der Waals surface area contributed by atoms with Crippen LogP contribution in [-0.4, -0.2) is 23.1 Å². The van der Waals surface area contributed by atoms with E-state index in [2.05, 4.69) is 26.0 Å². The van der Waals surface area contributed by atoms with Gasteiger partial charge in [-0.15, -0.1) is 0 Å². The summed E-state index contributed by atoms with van der Waals surface area (Å²) in [4.78, 5) is 23.5. The number of carboxylic acid groups (broad SMARTS) is 1. The van der Waals surface area contributed by atoms with Crippen LogP contribution in [-0.2, 0) is 14.3 Å². The van der Waals surface area contributed by atoms with Gasteiger partial charge in [-0.05, 0) is 64.2 Å². The van der Waals surface area contributed by atoms with Gasteiger partial charge in [0.05, 0.1) is 0 Å². The van der Waals surface area contributed by atoms with Gasteiger partial charge in [0.2, 0.25) is 0 Å². The van der Waals surface area contributed by atoms with Gasteiger partial charge in [0, 0.05) is 12.8 Å². The topological polar surface area (TPSA) is 63.6 Å². The van der Waals surface area contributed by atoms with Crippen molar-refractivity contribution in [3.05, 3.63) is 12.2 Å². The zero-order valence-electron chi connectivity index (χ0n) is 32.6. The van der Waals surface area contributed by atoms with Crippen molar-refractivity contribution < 1.29 is 19.4 Å². The Morgan fingerprint density at radius 2 is 0.750 bits per heavy atom. The van der Waals surface area contributed by atoms with Crippen LogP contribution in [0.25, 0.3) is 0 Å². The number of esters is 1. The van der Waals surface area contributed by atoms with Crippen molar-refractivity contribution in [2.75, 3.05) is 0 Å². The quantitative estimate of drug-likeness (QED) is 0.0398. The molecule has 0 aromatic carbocycles. The second-order valence-electron chi connectivity index (χ2n) is 14.9. The zero-order chi connectivity index (χ0) is 35.0. The first kappa shape index (κ1) is 46.7. The van der Waals surface area contributed by atoms with Gasteiger partial charge in [-0.25, -0.2) is 0 Å². The molecule has 0 aliphatic rings. The van der Waals surface area contributed by atoms with E-state index in [1.54, 1.807) is 0 Å². The van der Waals surface area contributed by atoms with Crippen molar-refractivity contribution >= 4 is 11.9 Å². The second kappa shape index (κ2) is 40.1. The Morgan fingerprint density at radius 3 is 1.15 bits per heavy atom. The van der Waals surface area contributed by atoms with Crippen molar-refractivity contribution in [2.24, 2.45) is 0 Å². The largest absolute Gasteiger partial charge is 0.481 e. The van der Waals surface area contributed by atoms with E-state index in [1.807, 2.05) is 0 Å². The van der Waals surface area contributed by atoms with Crippen LogP contribution in [0.5, 0.6) is 0 Å². The molecule has 0 amide bonds. The molecule has 0 bridgehead atoms. The number of carbonyl (C=O) groups is 2. The summed E-state index contributed by atoms with van der Waals surface area (Å²) in [6, 6.07) is 0. The van der Waals surface area contributed by atoms with E-state index in [9.17, 15) is 9.59 Å². The smallest absolute Gasteiger partial charge is 0.306 e. The lowest BCUT2D eigenvalue weighted by atomic mass is 10.0. The molecule has 0 spiro atoms. The van der Waals surface area contributed by atoms with E-state index in [0.717, 1.165) is 44.9 Å². The van der Waals surface area contributed by atoms with Crippen LogP contribution in [0, 0.1) is 0 Å². The molecule has 0 aromatic rings. The summed E-state index contributed by atoms with van der Waals surface area (Å²) >= 11 is 0. The molecule has 0 saturated heterocycles. The number of carbonyl (C=O) groups excluding carboxylic acids is 1. The van der Waals surface area contributed by atoms with Crippen LogP contribution in [0.3, 0.4) is 0 Å². The highest BCUT2D eigenvalue weighted by atomic mass is 16.5. The number of carboxylic acids is 1. The maximum atomic E-state index is 12.6. The molecule has 0 aromatic heterocycles. The minimum atomic E-state index is -0.720. The van der Waals surface area contributed by atoms with Crippen molar-refractivity contribution in [3.63, 3.8) is 0 Å². The summed E-state index contributed by atoms with van der Waals surface area (Å²) in [6.45, 7) is 4.56. The van der Waals surface area contributed by atoms with Crippen LogP contribution in [0.4, 0.5) is 0 Å². The van der Waals surface area contributed by atoms with E-state index < -0.39 is 5.97 Å². The van der Waals surface area contributed by atoms with Crippen LogP contribution < -0.4 is 0 Å². The molecule has 284 valence electrons. The monoisotopic (exact) mass is 677 g/mol. The molecule has 1 N–H and O–H groups in total. The van der Waals surface area contributed by atoms with E-state index in [1.165, 1.54) is 173 Å². The third-order valence-corrected chi connectivity index (χ3v) is 9.99. The number of aliphatic carboxylic acids is 1. The third kappa shape index (κ3) is 39.1. The SMILES string of the molecule is CCCCCCCC/C=C\CCCCCCCCCC(=O)OC(CCCCCCCCCCCCCCCCC)CCCCCC(=O)O. The molecule has 4 heteroatoms. The number of rotatable bonds is 40. The number of unbranched alkanes of at least 4 members (excludes halogenated alkanes) is 29. The molecule has 0 aliphatic carbocycles. The Hall–Kier alpha value is -1.32. The second-order valence-corrected chi connectivity index (χ2v) is 14.9. The number of allylic oxidation sites excluding steroid dienone is 2. The lowest BCUT2D eigenvalue weighted by molar-refractivity contribution is -0.150. The van der Waals surface area contributed by atoms with Gasteiger partial charge in [0.15, 0.2) is 0 Å².